The van der Waals surface area contributed by atoms with Crippen LogP contribution in [-0.4, -0.2) is 0 Å². The predicted molar refractivity (Wildman–Crippen MR) is 43.6 cm³/mol. The molecule has 2 heteroatoms. The van der Waals surface area contributed by atoms with Crippen molar-refractivity contribution in [2.45, 2.75) is 0 Å². The number of nitrogens with two attached hydrogens (primary N) is 1. The molecule has 0 saturated carbocycles. The summed E-state index contributed by atoms with van der Waals surface area (Å²) in [5.74, 6) is 0. The topological polar surface area (TPSA) is 26.0 Å². The maximum absolute atomic E-state index is 5.42. The largest absolute Gasteiger partial charge is 0.399 e. The first-order chi connectivity index (χ1) is 3.79. The number of halogens is 1. The second kappa shape index (κ2) is 2.35. The third-order valence-electron chi connectivity index (χ3n) is 0.870. The number of rotatable bonds is 0. The van der Waals surface area contributed by atoms with E-state index < -0.39 is 0 Å². The number of hydrogen-bond donors (Lipinski definition) is 1. The summed E-state index contributed by atoms with van der Waals surface area (Å²) < 4.78 is 1.22. The minimum Gasteiger partial charge on any atom is -0.399 e. The molecule has 0 saturated heterocycles. The third kappa shape index (κ3) is 1.36. The summed E-state index contributed by atoms with van der Waals surface area (Å²) in [5.41, 5.74) is 6.25. The lowest BCUT2D eigenvalue weighted by Gasteiger charge is -1.89. The van der Waals surface area contributed by atoms with Crippen molar-refractivity contribution in [3.8, 4) is 0 Å². The van der Waals surface area contributed by atoms with Crippen molar-refractivity contribution in [3.05, 3.63) is 27.8 Å². The monoisotopic (exact) mass is 215 g/mol. The molecule has 0 aliphatic carbocycles. The number of hydrogen-bond acceptors (Lipinski definition) is 1. The van der Waals surface area contributed by atoms with Gasteiger partial charge in [-0.3, -0.25) is 0 Å². The highest BCUT2D eigenvalue weighted by molar-refractivity contribution is 14.1. The molecule has 0 atom stereocenters. The van der Waals surface area contributed by atoms with Gasteiger partial charge >= 0.3 is 0 Å². The Morgan fingerprint density at radius 3 is 2.00 bits per heavy atom. The van der Waals surface area contributed by atoms with Gasteiger partial charge in [-0.2, -0.15) is 0 Å². The molecule has 0 unspecified atom stereocenters. The molecule has 0 fully saturated rings. The molecule has 0 spiro atoms. The van der Waals surface area contributed by atoms with Crippen LogP contribution < -0.4 is 5.73 Å². The van der Waals surface area contributed by atoms with Crippen LogP contribution in [0.2, 0.25) is 0 Å². The zero-order valence-corrected chi connectivity index (χ0v) is 6.42. The maximum atomic E-state index is 5.42. The van der Waals surface area contributed by atoms with E-state index in [0.717, 1.165) is 5.69 Å². The Hall–Kier alpha value is -0.250. The molecule has 0 amide bonds. The van der Waals surface area contributed by atoms with Crippen molar-refractivity contribution in [1.82, 2.24) is 0 Å². The molecule has 0 heterocycles. The van der Waals surface area contributed by atoms with Gasteiger partial charge in [0.1, 0.15) is 0 Å². The highest BCUT2D eigenvalue weighted by Gasteiger charge is 1.81. The van der Waals surface area contributed by atoms with Gasteiger partial charge in [0, 0.05) is 9.26 Å². The van der Waals surface area contributed by atoms with Crippen LogP contribution in [0.25, 0.3) is 0 Å². The summed E-state index contributed by atoms with van der Waals surface area (Å²) in [5, 5.41) is 0. The lowest BCUT2D eigenvalue weighted by Crippen LogP contribution is -1.81. The molecule has 2 N–H and O–H groups in total. The van der Waals surface area contributed by atoms with E-state index in [2.05, 4.69) is 22.6 Å². The first kappa shape index (κ1) is 5.88. The smallest absolute Gasteiger partial charge is 0.0314 e. The summed E-state index contributed by atoms with van der Waals surface area (Å²) in [6.45, 7) is 0. The van der Waals surface area contributed by atoms with Crippen LogP contribution in [0.1, 0.15) is 0 Å². The molecule has 0 aliphatic rings. The standard InChI is InChI=1S/C6H6IN/c7-5-1-3-6(8)4-2-5/h1-4H,8H2/i7-4. The molecule has 1 aromatic rings. The van der Waals surface area contributed by atoms with Crippen molar-refractivity contribution >= 4 is 28.3 Å². The minimum atomic E-state index is 0.824. The fourth-order valence-corrected chi connectivity index (χ4v) is 0.822. The summed E-state index contributed by atoms with van der Waals surface area (Å²) in [6.07, 6.45) is 0. The Kier molecular flexibility index (Phi) is 1.73. The predicted octanol–water partition coefficient (Wildman–Crippen LogP) is 1.87. The van der Waals surface area contributed by atoms with Gasteiger partial charge in [0.25, 0.3) is 0 Å². The van der Waals surface area contributed by atoms with Crippen molar-refractivity contribution in [3.63, 3.8) is 0 Å². The fraction of sp³-hybridized carbons (Fsp3) is 0. The van der Waals surface area contributed by atoms with Crippen LogP contribution in [-0.2, 0) is 0 Å². The SMILES string of the molecule is Nc1ccc([123I])cc1. The summed E-state index contributed by atoms with van der Waals surface area (Å²) in [4.78, 5) is 0. The molecule has 0 bridgehead atoms. The summed E-state index contributed by atoms with van der Waals surface area (Å²) >= 11 is 2.24. The lowest BCUT2D eigenvalue weighted by atomic mass is 10.3. The number of anilines is 1. The van der Waals surface area contributed by atoms with Crippen LogP contribution in [0.5, 0.6) is 0 Å². The Bertz CT molecular complexity index is 147. The summed E-state index contributed by atoms with van der Waals surface area (Å²) in [7, 11) is 0. The molecule has 8 heavy (non-hydrogen) atoms. The third-order valence-corrected chi connectivity index (χ3v) is 1.59. The average Bonchev–Trinajstić information content (AvgIpc) is 1.77. The van der Waals surface area contributed by atoms with E-state index in [9.17, 15) is 0 Å². The molecule has 0 radical (unpaired) electrons. The molecule has 0 aliphatic heterocycles. The highest BCUT2D eigenvalue weighted by atomic mass is 123. The average molecular weight is 215 g/mol. The molecular formula is C6H6IN. The van der Waals surface area contributed by atoms with Crippen LogP contribution >= 0.6 is 22.6 Å². The first-order valence-electron chi connectivity index (χ1n) is 2.30. The van der Waals surface area contributed by atoms with Crippen molar-refractivity contribution < 1.29 is 0 Å². The van der Waals surface area contributed by atoms with Gasteiger partial charge in [0.15, 0.2) is 0 Å². The van der Waals surface area contributed by atoms with Gasteiger partial charge in [0.05, 0.1) is 0 Å². The van der Waals surface area contributed by atoms with Gasteiger partial charge in [0.2, 0.25) is 0 Å². The molecular weight excluding hydrogens is 209 g/mol. The summed E-state index contributed by atoms with van der Waals surface area (Å²) in [6, 6.07) is 7.75. The van der Waals surface area contributed by atoms with Gasteiger partial charge in [-0.15, -0.1) is 0 Å². The molecule has 0 aromatic heterocycles. The van der Waals surface area contributed by atoms with E-state index in [1.165, 1.54) is 3.57 Å². The van der Waals surface area contributed by atoms with E-state index >= 15 is 0 Å². The lowest BCUT2D eigenvalue weighted by molar-refractivity contribution is 1.63. The molecule has 42 valence electrons. The molecule has 1 nitrogen and oxygen atoms in total. The molecule has 1 rings (SSSR count). The minimum absolute atomic E-state index is 0.824. The second-order valence-electron chi connectivity index (χ2n) is 1.55. The van der Waals surface area contributed by atoms with Gasteiger partial charge in [-0.1, -0.05) is 0 Å². The first-order valence-corrected chi connectivity index (χ1v) is 3.38. The Balaban J connectivity index is 3.03. The maximum Gasteiger partial charge on any atom is 0.0314 e. The second-order valence-corrected chi connectivity index (χ2v) is 2.80. The van der Waals surface area contributed by atoms with Gasteiger partial charge in [-0.25, -0.2) is 0 Å². The van der Waals surface area contributed by atoms with Crippen LogP contribution in [0.3, 0.4) is 0 Å². The van der Waals surface area contributed by atoms with E-state index in [1.54, 1.807) is 0 Å². The van der Waals surface area contributed by atoms with Crippen LogP contribution in [0, 0.1) is 3.57 Å². The van der Waals surface area contributed by atoms with Crippen LogP contribution in [0.15, 0.2) is 24.3 Å². The zero-order valence-electron chi connectivity index (χ0n) is 4.26. The van der Waals surface area contributed by atoms with Gasteiger partial charge in [-0.05, 0) is 46.9 Å². The van der Waals surface area contributed by atoms with Crippen LogP contribution in [0.4, 0.5) is 5.69 Å². The van der Waals surface area contributed by atoms with E-state index in [4.69, 9.17) is 5.73 Å². The Morgan fingerprint density at radius 2 is 1.62 bits per heavy atom. The van der Waals surface area contributed by atoms with E-state index in [-0.39, 0.29) is 0 Å². The molecule has 1 aromatic carbocycles. The fourth-order valence-electron chi connectivity index (χ4n) is 0.463. The quantitative estimate of drug-likeness (QED) is 0.518. The van der Waals surface area contributed by atoms with Crippen molar-refractivity contribution in [2.75, 3.05) is 5.73 Å². The Labute approximate surface area is 62.0 Å². The van der Waals surface area contributed by atoms with Crippen molar-refractivity contribution in [2.24, 2.45) is 0 Å². The van der Waals surface area contributed by atoms with Crippen molar-refractivity contribution in [1.29, 1.82) is 0 Å². The highest BCUT2D eigenvalue weighted by Crippen LogP contribution is 2.06. The van der Waals surface area contributed by atoms with Gasteiger partial charge < -0.3 is 5.73 Å². The van der Waals surface area contributed by atoms with E-state index in [1.807, 2.05) is 24.3 Å². The Morgan fingerprint density at radius 1 is 1.12 bits per heavy atom. The zero-order chi connectivity index (χ0) is 5.98. The number of benzene rings is 1. The normalized spacial score (nSPS) is 9.12. The van der Waals surface area contributed by atoms with E-state index in [0.29, 0.717) is 0 Å². The number of nitrogen functional groups attached to an aromatic ring is 1.